The number of amides is 1. The van der Waals surface area contributed by atoms with E-state index < -0.39 is 0 Å². The summed E-state index contributed by atoms with van der Waals surface area (Å²) in [6, 6.07) is 5.63. The van der Waals surface area contributed by atoms with Crippen molar-refractivity contribution in [2.75, 3.05) is 0 Å². The molecule has 116 valence electrons. The molecule has 3 N–H and O–H groups in total. The number of nitrogens with two attached hydrogens (primary N) is 1. The predicted molar refractivity (Wildman–Crippen MR) is 83.4 cm³/mol. The molecule has 0 saturated heterocycles. The number of thioether (sulfide) groups is 1. The van der Waals surface area contributed by atoms with Crippen molar-refractivity contribution in [1.82, 2.24) is 15.3 Å². The summed E-state index contributed by atoms with van der Waals surface area (Å²) in [4.78, 5) is 20.4. The second-order valence-electron chi connectivity index (χ2n) is 5.33. The van der Waals surface area contributed by atoms with Crippen LogP contribution in [-0.4, -0.2) is 28.0 Å². The second kappa shape index (κ2) is 6.93. The number of hydrogen-bond donors (Lipinski definition) is 2. The molecule has 22 heavy (non-hydrogen) atoms. The molecule has 1 aliphatic carbocycles. The average molecular weight is 318 g/mol. The SMILES string of the molecule is N[C@H]1CC[C@H](NC(=O)c2ccc(CSc3ncccn3)o2)C1. The molecule has 1 saturated carbocycles. The molecule has 1 aliphatic rings. The molecule has 7 heteroatoms. The molecule has 6 nitrogen and oxygen atoms in total. The average Bonchev–Trinajstić information content (AvgIpc) is 3.15. The highest BCUT2D eigenvalue weighted by Gasteiger charge is 2.24. The van der Waals surface area contributed by atoms with Gasteiger partial charge in [-0.25, -0.2) is 9.97 Å². The van der Waals surface area contributed by atoms with Gasteiger partial charge in [0.25, 0.3) is 5.91 Å². The Morgan fingerprint density at radius 3 is 2.91 bits per heavy atom. The van der Waals surface area contributed by atoms with Crippen molar-refractivity contribution in [2.45, 2.75) is 42.3 Å². The van der Waals surface area contributed by atoms with E-state index in [-0.39, 0.29) is 18.0 Å². The highest BCUT2D eigenvalue weighted by Crippen LogP contribution is 2.21. The summed E-state index contributed by atoms with van der Waals surface area (Å²) in [5, 5.41) is 3.65. The van der Waals surface area contributed by atoms with Gasteiger partial charge < -0.3 is 15.5 Å². The highest BCUT2D eigenvalue weighted by atomic mass is 32.2. The van der Waals surface area contributed by atoms with Crippen LogP contribution in [0.3, 0.4) is 0 Å². The number of furan rings is 1. The molecule has 2 atom stereocenters. The third-order valence-electron chi connectivity index (χ3n) is 3.58. The fourth-order valence-electron chi connectivity index (χ4n) is 2.48. The summed E-state index contributed by atoms with van der Waals surface area (Å²) >= 11 is 1.47. The van der Waals surface area contributed by atoms with Gasteiger partial charge in [0, 0.05) is 24.5 Å². The van der Waals surface area contributed by atoms with Crippen LogP contribution in [0.15, 0.2) is 40.2 Å². The lowest BCUT2D eigenvalue weighted by Gasteiger charge is -2.10. The van der Waals surface area contributed by atoms with Gasteiger partial charge in [-0.3, -0.25) is 4.79 Å². The Labute approximate surface area is 132 Å². The Balaban J connectivity index is 1.53. The monoisotopic (exact) mass is 318 g/mol. The number of aromatic nitrogens is 2. The van der Waals surface area contributed by atoms with Crippen molar-refractivity contribution in [3.63, 3.8) is 0 Å². The van der Waals surface area contributed by atoms with Gasteiger partial charge in [0.15, 0.2) is 10.9 Å². The zero-order chi connectivity index (χ0) is 15.4. The smallest absolute Gasteiger partial charge is 0.287 e. The Morgan fingerprint density at radius 2 is 2.18 bits per heavy atom. The molecule has 3 rings (SSSR count). The molecule has 0 aromatic carbocycles. The van der Waals surface area contributed by atoms with E-state index in [0.717, 1.165) is 25.0 Å². The van der Waals surface area contributed by atoms with E-state index in [4.69, 9.17) is 10.2 Å². The van der Waals surface area contributed by atoms with Crippen LogP contribution in [0.2, 0.25) is 0 Å². The predicted octanol–water partition coefficient (Wildman–Crippen LogP) is 1.97. The molecule has 0 spiro atoms. The normalized spacial score (nSPS) is 21.0. The lowest BCUT2D eigenvalue weighted by molar-refractivity contribution is 0.0908. The number of rotatable bonds is 5. The van der Waals surface area contributed by atoms with Crippen LogP contribution in [0.4, 0.5) is 0 Å². The maximum absolute atomic E-state index is 12.1. The molecular formula is C15H18N4O2S. The van der Waals surface area contributed by atoms with Crippen molar-refractivity contribution >= 4 is 17.7 Å². The Morgan fingerprint density at radius 1 is 1.36 bits per heavy atom. The Bertz CT molecular complexity index is 631. The number of carbonyl (C=O) groups excluding carboxylic acids is 1. The van der Waals surface area contributed by atoms with Crippen molar-refractivity contribution in [1.29, 1.82) is 0 Å². The van der Waals surface area contributed by atoms with E-state index in [1.807, 2.05) is 6.07 Å². The van der Waals surface area contributed by atoms with Gasteiger partial charge >= 0.3 is 0 Å². The van der Waals surface area contributed by atoms with E-state index in [9.17, 15) is 4.79 Å². The summed E-state index contributed by atoms with van der Waals surface area (Å²) in [5.41, 5.74) is 5.85. The van der Waals surface area contributed by atoms with Crippen molar-refractivity contribution in [3.05, 3.63) is 42.1 Å². The van der Waals surface area contributed by atoms with Gasteiger partial charge in [-0.15, -0.1) is 0 Å². The summed E-state index contributed by atoms with van der Waals surface area (Å²) in [5.74, 6) is 1.48. The summed E-state index contributed by atoms with van der Waals surface area (Å²) in [6.45, 7) is 0. The number of hydrogen-bond acceptors (Lipinski definition) is 6. The van der Waals surface area contributed by atoms with Crippen molar-refractivity contribution in [2.24, 2.45) is 5.73 Å². The van der Waals surface area contributed by atoms with Gasteiger partial charge in [-0.05, 0) is 37.5 Å². The van der Waals surface area contributed by atoms with Gasteiger partial charge in [-0.1, -0.05) is 11.8 Å². The second-order valence-corrected chi connectivity index (χ2v) is 6.27. The van der Waals surface area contributed by atoms with Crippen molar-refractivity contribution < 1.29 is 9.21 Å². The first-order valence-electron chi connectivity index (χ1n) is 7.25. The first-order chi connectivity index (χ1) is 10.7. The van der Waals surface area contributed by atoms with E-state index in [2.05, 4.69) is 15.3 Å². The van der Waals surface area contributed by atoms with Gasteiger partial charge in [0.1, 0.15) is 5.76 Å². The van der Waals surface area contributed by atoms with Crippen LogP contribution in [-0.2, 0) is 5.75 Å². The summed E-state index contributed by atoms with van der Waals surface area (Å²) < 4.78 is 5.58. The van der Waals surface area contributed by atoms with Crippen LogP contribution >= 0.6 is 11.8 Å². The maximum atomic E-state index is 12.1. The number of nitrogens with zero attached hydrogens (tertiary/aromatic N) is 2. The molecule has 0 aliphatic heterocycles. The van der Waals surface area contributed by atoms with Crippen LogP contribution in [0.1, 0.15) is 35.6 Å². The largest absolute Gasteiger partial charge is 0.455 e. The van der Waals surface area contributed by atoms with E-state index in [0.29, 0.717) is 16.7 Å². The standard InChI is InChI=1S/C15H18N4O2S/c16-10-2-3-11(8-10)19-14(20)13-5-4-12(21-13)9-22-15-17-6-1-7-18-15/h1,4-7,10-11H,2-3,8-9,16H2,(H,19,20)/t10-,11-/m0/s1. The number of carbonyl (C=O) groups is 1. The zero-order valence-electron chi connectivity index (χ0n) is 12.1. The Kier molecular flexibility index (Phi) is 4.74. The molecule has 2 heterocycles. The first-order valence-corrected chi connectivity index (χ1v) is 8.24. The number of nitrogens with one attached hydrogen (secondary N) is 1. The zero-order valence-corrected chi connectivity index (χ0v) is 12.9. The quantitative estimate of drug-likeness (QED) is 0.646. The molecule has 0 bridgehead atoms. The first kappa shape index (κ1) is 15.1. The lowest BCUT2D eigenvalue weighted by atomic mass is 10.2. The lowest BCUT2D eigenvalue weighted by Crippen LogP contribution is -2.33. The minimum Gasteiger partial charge on any atom is -0.455 e. The molecule has 2 aromatic heterocycles. The van der Waals surface area contributed by atoms with Crippen LogP contribution in [0.5, 0.6) is 0 Å². The Hall–Kier alpha value is -1.86. The molecule has 1 fully saturated rings. The van der Waals surface area contributed by atoms with Gasteiger partial charge in [0.2, 0.25) is 0 Å². The third-order valence-corrected chi connectivity index (χ3v) is 4.48. The summed E-state index contributed by atoms with van der Waals surface area (Å²) in [7, 11) is 0. The van der Waals surface area contributed by atoms with E-state index >= 15 is 0 Å². The van der Waals surface area contributed by atoms with E-state index in [1.54, 1.807) is 24.5 Å². The van der Waals surface area contributed by atoms with Crippen LogP contribution in [0.25, 0.3) is 0 Å². The molecule has 0 radical (unpaired) electrons. The van der Waals surface area contributed by atoms with Gasteiger partial charge in [0.05, 0.1) is 5.75 Å². The molecular weight excluding hydrogens is 300 g/mol. The molecule has 0 unspecified atom stereocenters. The third kappa shape index (κ3) is 3.86. The fourth-order valence-corrected chi connectivity index (χ4v) is 3.17. The van der Waals surface area contributed by atoms with Crippen LogP contribution < -0.4 is 11.1 Å². The minimum absolute atomic E-state index is 0.156. The summed E-state index contributed by atoms with van der Waals surface area (Å²) in [6.07, 6.45) is 6.12. The minimum atomic E-state index is -0.175. The maximum Gasteiger partial charge on any atom is 0.287 e. The fraction of sp³-hybridized carbons (Fsp3) is 0.400. The van der Waals surface area contributed by atoms with E-state index in [1.165, 1.54) is 11.8 Å². The van der Waals surface area contributed by atoms with Gasteiger partial charge in [-0.2, -0.15) is 0 Å². The van der Waals surface area contributed by atoms with Crippen molar-refractivity contribution in [3.8, 4) is 0 Å². The highest BCUT2D eigenvalue weighted by molar-refractivity contribution is 7.98. The topological polar surface area (TPSA) is 94.0 Å². The molecule has 2 aromatic rings. The molecule has 1 amide bonds. The van der Waals surface area contributed by atoms with Crippen LogP contribution in [0, 0.1) is 0 Å².